The smallest absolute Gasteiger partial charge is 0.279 e. The molecule has 2 aliphatic heterocycles. The number of carbonyl (C=O) groups is 2. The monoisotopic (exact) mass is 819 g/mol. The summed E-state index contributed by atoms with van der Waals surface area (Å²) in [6.07, 6.45) is 43.3. The molecular formula is C49H87FN2O6. The summed E-state index contributed by atoms with van der Waals surface area (Å²) in [5, 5.41) is 5.85. The van der Waals surface area contributed by atoms with Crippen LogP contribution in [0, 0.1) is 0 Å². The Morgan fingerprint density at radius 2 is 0.862 bits per heavy atom. The minimum Gasteiger partial charge on any atom is -0.353 e. The molecule has 4 atom stereocenters. The van der Waals surface area contributed by atoms with Crippen molar-refractivity contribution in [2.24, 2.45) is 0 Å². The Labute approximate surface area is 354 Å². The molecule has 0 spiro atoms. The van der Waals surface area contributed by atoms with Gasteiger partial charge in [0.15, 0.2) is 18.4 Å². The number of carbonyl (C=O) groups excluding carboxylic acids is 2. The standard InChI is InChI=1S/C49H87FN2O6/c1-42(32-24-20-16-12-8-4-2-6-10-14-18-22-28-38-55-46-34-26-30-40-57-46)48(53)51-44-36-37-45(44)52-49(54)43(50)33-25-21-17-13-9-5-3-7-11-15-19-23-29-39-56-47-35-27-31-41-58-47/h32-33,44-47H,2-31,34-41H2,1H3,(H,51,53)(H,52,54)/b42-32+,43-33-/t44-,45-,46?,47?/m1/s1. The molecule has 0 aromatic rings. The number of halogens is 1. The Kier molecular flexibility index (Phi) is 30.4. The Morgan fingerprint density at radius 3 is 1.24 bits per heavy atom. The third-order valence-electron chi connectivity index (χ3n) is 12.3. The summed E-state index contributed by atoms with van der Waals surface area (Å²) < 4.78 is 37.4. The van der Waals surface area contributed by atoms with Crippen molar-refractivity contribution in [1.82, 2.24) is 10.6 Å². The third kappa shape index (κ3) is 25.7. The molecule has 0 radical (unpaired) electrons. The summed E-state index contributed by atoms with van der Waals surface area (Å²) in [5.41, 5.74) is 0.724. The van der Waals surface area contributed by atoms with Crippen molar-refractivity contribution in [2.75, 3.05) is 26.4 Å². The van der Waals surface area contributed by atoms with E-state index in [-0.39, 0.29) is 30.6 Å². The van der Waals surface area contributed by atoms with Crippen molar-refractivity contribution >= 4 is 11.8 Å². The van der Waals surface area contributed by atoms with E-state index in [1.165, 1.54) is 154 Å². The fourth-order valence-corrected chi connectivity index (χ4v) is 8.24. The second-order valence-corrected chi connectivity index (χ2v) is 17.6. The fourth-order valence-electron chi connectivity index (χ4n) is 8.24. The molecule has 3 fully saturated rings. The highest BCUT2D eigenvalue weighted by Gasteiger charge is 2.34. The van der Waals surface area contributed by atoms with Crippen molar-refractivity contribution in [3.8, 4) is 0 Å². The third-order valence-corrected chi connectivity index (χ3v) is 12.3. The first-order chi connectivity index (χ1) is 28.5. The van der Waals surface area contributed by atoms with Gasteiger partial charge in [-0.15, -0.1) is 0 Å². The van der Waals surface area contributed by atoms with Crippen LogP contribution < -0.4 is 10.6 Å². The maximum atomic E-state index is 14.5. The van der Waals surface area contributed by atoms with Gasteiger partial charge in [-0.05, 0) is 103 Å². The number of unbranched alkanes of at least 4 members (excludes halogenated alkanes) is 24. The lowest BCUT2D eigenvalue weighted by molar-refractivity contribution is -0.163. The lowest BCUT2D eigenvalue weighted by Crippen LogP contribution is -2.58. The lowest BCUT2D eigenvalue weighted by atomic mass is 9.86. The van der Waals surface area contributed by atoms with Crippen LogP contribution in [0.5, 0.6) is 0 Å². The second-order valence-electron chi connectivity index (χ2n) is 17.6. The summed E-state index contributed by atoms with van der Waals surface area (Å²) in [5.74, 6) is -1.44. The molecule has 1 saturated carbocycles. The van der Waals surface area contributed by atoms with E-state index in [1.54, 1.807) is 0 Å². The zero-order chi connectivity index (χ0) is 41.1. The molecule has 2 saturated heterocycles. The number of amides is 2. The highest BCUT2D eigenvalue weighted by molar-refractivity contribution is 5.93. The average molecular weight is 819 g/mol. The van der Waals surface area contributed by atoms with E-state index in [9.17, 15) is 14.0 Å². The van der Waals surface area contributed by atoms with Gasteiger partial charge in [-0.3, -0.25) is 9.59 Å². The van der Waals surface area contributed by atoms with E-state index in [0.29, 0.717) is 6.42 Å². The Morgan fingerprint density at radius 1 is 0.500 bits per heavy atom. The minimum atomic E-state index is -0.701. The highest BCUT2D eigenvalue weighted by atomic mass is 19.1. The number of nitrogens with one attached hydrogen (secondary N) is 2. The highest BCUT2D eigenvalue weighted by Crippen LogP contribution is 2.22. The molecule has 0 aromatic carbocycles. The zero-order valence-corrected chi connectivity index (χ0v) is 37.2. The molecule has 336 valence electrons. The molecule has 3 aliphatic rings. The predicted molar refractivity (Wildman–Crippen MR) is 235 cm³/mol. The molecule has 58 heavy (non-hydrogen) atoms. The normalized spacial score (nSPS) is 21.5. The molecule has 9 heteroatoms. The number of ether oxygens (including phenoxy) is 4. The van der Waals surface area contributed by atoms with Crippen LogP contribution in [0.15, 0.2) is 23.6 Å². The van der Waals surface area contributed by atoms with Gasteiger partial charge in [0, 0.05) is 44.1 Å². The summed E-state index contributed by atoms with van der Waals surface area (Å²) in [6, 6.07) is -0.350. The number of rotatable bonds is 36. The Hall–Kier alpha value is -1.81. The van der Waals surface area contributed by atoms with Crippen molar-refractivity contribution in [3.63, 3.8) is 0 Å². The first-order valence-corrected chi connectivity index (χ1v) is 24.6. The number of allylic oxidation sites excluding steroid dienone is 2. The average Bonchev–Trinajstić information content (AvgIpc) is 3.24. The quantitative estimate of drug-likeness (QED) is 0.0483. The SMILES string of the molecule is C/C(=C\CCCCCCCCCCCCCCOC1CCCCO1)C(=O)N[C@@H]1CC[C@H]1NC(=O)/C(F)=C/CCCCCCCCCCCCCCOC1CCCCO1. The van der Waals surface area contributed by atoms with E-state index >= 15 is 0 Å². The van der Waals surface area contributed by atoms with Crippen LogP contribution >= 0.6 is 0 Å². The van der Waals surface area contributed by atoms with Crippen molar-refractivity contribution in [1.29, 1.82) is 0 Å². The van der Waals surface area contributed by atoms with Crippen LogP contribution in [-0.2, 0) is 28.5 Å². The van der Waals surface area contributed by atoms with E-state index in [1.807, 2.05) is 13.0 Å². The van der Waals surface area contributed by atoms with Crippen LogP contribution in [0.1, 0.15) is 225 Å². The van der Waals surface area contributed by atoms with E-state index in [2.05, 4.69) is 10.6 Å². The lowest BCUT2D eigenvalue weighted by Gasteiger charge is -2.37. The molecule has 2 N–H and O–H groups in total. The predicted octanol–water partition coefficient (Wildman–Crippen LogP) is 12.8. The van der Waals surface area contributed by atoms with E-state index in [0.717, 1.165) is 96.2 Å². The molecular weight excluding hydrogens is 732 g/mol. The van der Waals surface area contributed by atoms with Crippen molar-refractivity contribution < 1.29 is 32.9 Å². The summed E-state index contributed by atoms with van der Waals surface area (Å²) in [4.78, 5) is 25.2. The zero-order valence-electron chi connectivity index (χ0n) is 37.2. The fraction of sp³-hybridized carbons (Fsp3) is 0.878. The van der Waals surface area contributed by atoms with Crippen LogP contribution in [-0.4, -0.2) is 62.9 Å². The summed E-state index contributed by atoms with van der Waals surface area (Å²) in [7, 11) is 0. The van der Waals surface area contributed by atoms with E-state index < -0.39 is 11.7 Å². The number of hydrogen-bond donors (Lipinski definition) is 2. The minimum absolute atomic E-state index is 0.0454. The van der Waals surface area contributed by atoms with Gasteiger partial charge in [0.1, 0.15) is 0 Å². The molecule has 3 rings (SSSR count). The Bertz CT molecular complexity index is 1010. The molecule has 2 unspecified atom stereocenters. The van der Waals surface area contributed by atoms with Crippen molar-refractivity contribution in [3.05, 3.63) is 23.6 Å². The molecule has 2 heterocycles. The van der Waals surface area contributed by atoms with Crippen LogP contribution in [0.25, 0.3) is 0 Å². The van der Waals surface area contributed by atoms with Gasteiger partial charge in [0.05, 0.1) is 0 Å². The molecule has 2 amide bonds. The van der Waals surface area contributed by atoms with Gasteiger partial charge in [-0.25, -0.2) is 4.39 Å². The van der Waals surface area contributed by atoms with Crippen LogP contribution in [0.2, 0.25) is 0 Å². The molecule has 0 bridgehead atoms. The van der Waals surface area contributed by atoms with Crippen molar-refractivity contribution in [2.45, 2.75) is 250 Å². The van der Waals surface area contributed by atoms with Crippen LogP contribution in [0.4, 0.5) is 4.39 Å². The maximum absolute atomic E-state index is 14.5. The topological polar surface area (TPSA) is 95.1 Å². The van der Waals surface area contributed by atoms with Gasteiger partial charge in [0.2, 0.25) is 5.91 Å². The molecule has 8 nitrogen and oxygen atoms in total. The first kappa shape index (κ1) is 50.5. The van der Waals surface area contributed by atoms with Gasteiger partial charge in [0.25, 0.3) is 5.91 Å². The van der Waals surface area contributed by atoms with Gasteiger partial charge >= 0.3 is 0 Å². The molecule has 1 aliphatic carbocycles. The summed E-state index contributed by atoms with van der Waals surface area (Å²) >= 11 is 0. The first-order valence-electron chi connectivity index (χ1n) is 24.6. The number of hydrogen-bond acceptors (Lipinski definition) is 6. The Balaban J connectivity index is 1.05. The van der Waals surface area contributed by atoms with Gasteiger partial charge in [-0.2, -0.15) is 0 Å². The largest absolute Gasteiger partial charge is 0.353 e. The maximum Gasteiger partial charge on any atom is 0.279 e. The van der Waals surface area contributed by atoms with Gasteiger partial charge in [-0.1, -0.05) is 134 Å². The summed E-state index contributed by atoms with van der Waals surface area (Å²) in [6.45, 7) is 5.24. The second kappa shape index (κ2) is 34.9. The van der Waals surface area contributed by atoms with Gasteiger partial charge < -0.3 is 29.6 Å². The molecule has 0 aromatic heterocycles. The van der Waals surface area contributed by atoms with E-state index in [4.69, 9.17) is 18.9 Å². The van der Waals surface area contributed by atoms with Crippen LogP contribution in [0.3, 0.4) is 0 Å².